The van der Waals surface area contributed by atoms with E-state index in [0.29, 0.717) is 5.42 Å². The largest absolute Gasteiger partial charge is 0.457 e. The fourth-order valence-corrected chi connectivity index (χ4v) is 3.10. The van der Waals surface area contributed by atoms with Crippen LogP contribution in [-0.4, -0.2) is 0 Å². The van der Waals surface area contributed by atoms with Gasteiger partial charge in [-0.1, -0.05) is 67.8 Å². The van der Waals surface area contributed by atoms with E-state index < -0.39 is 0 Å². The standard InChI is InChI=1S/C24H19NO/c1-17-16-19(14-15-25-23-12-5-3-9-20(17)23)8-7-11-21-18(2)26-24-13-6-4-10-22(21)24/h3-16,25H,1-2H2/b8-7+,15-14-,19-16-,21-11+. The molecule has 0 aliphatic carbocycles. The molecule has 0 saturated carbocycles. The lowest BCUT2D eigenvalue weighted by Gasteiger charge is -2.12. The molecule has 0 saturated heterocycles. The minimum Gasteiger partial charge on any atom is -0.457 e. The van der Waals surface area contributed by atoms with Gasteiger partial charge in [-0.25, -0.2) is 0 Å². The van der Waals surface area contributed by atoms with Crippen molar-refractivity contribution in [1.29, 1.82) is 0 Å². The Bertz CT molecular complexity index is 1190. The molecule has 0 bridgehead atoms. The average Bonchev–Trinajstić information content (AvgIpc) is 2.96. The highest BCUT2D eigenvalue weighted by atomic mass is 16.3. The summed E-state index contributed by atoms with van der Waals surface area (Å²) in [7, 11) is 0. The van der Waals surface area contributed by atoms with Gasteiger partial charge in [-0.15, -0.1) is 0 Å². The van der Waals surface area contributed by atoms with E-state index >= 15 is 0 Å². The van der Waals surface area contributed by atoms with Crippen molar-refractivity contribution >= 4 is 34.9 Å². The van der Waals surface area contributed by atoms with Crippen LogP contribution in [0.15, 0.2) is 95.6 Å². The molecule has 26 heavy (non-hydrogen) atoms. The first-order chi connectivity index (χ1) is 12.7. The Morgan fingerprint density at radius 3 is 2.69 bits per heavy atom. The minimum absolute atomic E-state index is 0.679. The Morgan fingerprint density at radius 1 is 0.962 bits per heavy atom. The zero-order valence-corrected chi connectivity index (χ0v) is 14.4. The second-order valence-corrected chi connectivity index (χ2v) is 6.15. The van der Waals surface area contributed by atoms with Gasteiger partial charge in [0, 0.05) is 28.1 Å². The Kier molecular flexibility index (Phi) is 4.16. The fourth-order valence-electron chi connectivity index (χ4n) is 3.10. The molecule has 1 aliphatic rings. The van der Waals surface area contributed by atoms with Gasteiger partial charge >= 0.3 is 0 Å². The Balaban J connectivity index is 1.69. The smallest absolute Gasteiger partial charge is 0.135 e. The van der Waals surface area contributed by atoms with E-state index in [-0.39, 0.29) is 0 Å². The summed E-state index contributed by atoms with van der Waals surface area (Å²) >= 11 is 0. The maximum atomic E-state index is 5.71. The molecule has 0 spiro atoms. The maximum absolute atomic E-state index is 5.71. The van der Waals surface area contributed by atoms with Gasteiger partial charge in [0.05, 0.1) is 0 Å². The number of hydrogen-bond donors (Lipinski definition) is 1. The summed E-state index contributed by atoms with van der Waals surface area (Å²) in [6, 6.07) is 16.1. The minimum atomic E-state index is 0.679. The fraction of sp³-hybridized carbons (Fsp3) is 0. The van der Waals surface area contributed by atoms with Crippen molar-refractivity contribution in [2.45, 2.75) is 0 Å². The van der Waals surface area contributed by atoms with Crippen LogP contribution in [0.5, 0.6) is 0 Å². The second kappa shape index (κ2) is 6.77. The van der Waals surface area contributed by atoms with Crippen LogP contribution >= 0.6 is 0 Å². The van der Waals surface area contributed by atoms with Gasteiger partial charge in [0.1, 0.15) is 11.0 Å². The highest BCUT2D eigenvalue weighted by Crippen LogP contribution is 2.26. The van der Waals surface area contributed by atoms with Crippen molar-refractivity contribution in [3.8, 4) is 0 Å². The van der Waals surface area contributed by atoms with Crippen molar-refractivity contribution in [2.75, 3.05) is 5.32 Å². The Morgan fingerprint density at radius 2 is 1.77 bits per heavy atom. The SMILES string of the molecule is C=C1/C=C(/C=C/C=c2\c(=C)oc3ccccc23)\C=C/Nc2ccccc21. The zero-order valence-electron chi connectivity index (χ0n) is 14.4. The molecule has 2 aromatic carbocycles. The zero-order chi connectivity index (χ0) is 17.9. The van der Waals surface area contributed by atoms with Crippen molar-refractivity contribution in [1.82, 2.24) is 0 Å². The van der Waals surface area contributed by atoms with Crippen molar-refractivity contribution in [2.24, 2.45) is 0 Å². The molecule has 0 amide bonds. The van der Waals surface area contributed by atoms with Crippen molar-refractivity contribution in [3.63, 3.8) is 0 Å². The van der Waals surface area contributed by atoms with Crippen LogP contribution in [0.1, 0.15) is 5.56 Å². The summed E-state index contributed by atoms with van der Waals surface area (Å²) in [4.78, 5) is 0. The summed E-state index contributed by atoms with van der Waals surface area (Å²) in [5.41, 5.74) is 5.74. The first kappa shape index (κ1) is 16.0. The number of nitrogens with one attached hydrogen (secondary N) is 1. The molecule has 126 valence electrons. The van der Waals surface area contributed by atoms with Gasteiger partial charge in [0.2, 0.25) is 0 Å². The molecule has 3 aromatic rings. The number of fused-ring (bicyclic) bond motifs is 2. The summed E-state index contributed by atoms with van der Waals surface area (Å²) in [5.74, 6) is 0. The van der Waals surface area contributed by atoms with Crippen LogP contribution in [0.4, 0.5) is 5.69 Å². The van der Waals surface area contributed by atoms with Gasteiger partial charge in [0.15, 0.2) is 0 Å². The van der Waals surface area contributed by atoms with Gasteiger partial charge in [-0.2, -0.15) is 0 Å². The third-order valence-corrected chi connectivity index (χ3v) is 4.39. The number of allylic oxidation sites excluding steroid dienone is 6. The molecule has 0 unspecified atom stereocenters. The molecule has 0 radical (unpaired) electrons. The number of furan rings is 1. The number of benzene rings is 2. The topological polar surface area (TPSA) is 25.2 Å². The number of hydrogen-bond acceptors (Lipinski definition) is 2. The number of anilines is 1. The maximum Gasteiger partial charge on any atom is 0.135 e. The van der Waals surface area contributed by atoms with Gasteiger partial charge in [0.25, 0.3) is 0 Å². The van der Waals surface area contributed by atoms with Crippen molar-refractivity contribution in [3.05, 3.63) is 107 Å². The normalized spacial score (nSPS) is 18.1. The predicted octanol–water partition coefficient (Wildman–Crippen LogP) is 4.76. The molecule has 1 aliphatic heterocycles. The molecule has 2 heterocycles. The van der Waals surface area contributed by atoms with E-state index in [9.17, 15) is 0 Å². The first-order valence-corrected chi connectivity index (χ1v) is 8.50. The monoisotopic (exact) mass is 337 g/mol. The third kappa shape index (κ3) is 3.05. The highest BCUT2D eigenvalue weighted by Gasteiger charge is 2.05. The van der Waals surface area contributed by atoms with E-state index in [1.165, 1.54) is 0 Å². The molecule has 2 heteroatoms. The summed E-state index contributed by atoms with van der Waals surface area (Å²) in [6.07, 6.45) is 12.2. The van der Waals surface area contributed by atoms with Crippen LogP contribution in [0.3, 0.4) is 0 Å². The van der Waals surface area contributed by atoms with E-state index in [4.69, 9.17) is 4.42 Å². The second-order valence-electron chi connectivity index (χ2n) is 6.15. The summed E-state index contributed by atoms with van der Waals surface area (Å²) in [6.45, 7) is 8.20. The van der Waals surface area contributed by atoms with Crippen LogP contribution in [0.2, 0.25) is 0 Å². The molecular weight excluding hydrogens is 318 g/mol. The highest BCUT2D eigenvalue weighted by molar-refractivity contribution is 5.83. The van der Waals surface area contributed by atoms with Crippen molar-refractivity contribution < 1.29 is 4.42 Å². The molecule has 0 atom stereocenters. The van der Waals surface area contributed by atoms with Gasteiger partial charge < -0.3 is 9.73 Å². The molecule has 2 nitrogen and oxygen atoms in total. The third-order valence-electron chi connectivity index (χ3n) is 4.39. The number of rotatable bonds is 2. The average molecular weight is 337 g/mol. The van der Waals surface area contributed by atoms with E-state index in [0.717, 1.165) is 38.6 Å². The first-order valence-electron chi connectivity index (χ1n) is 8.50. The molecule has 0 fully saturated rings. The predicted molar refractivity (Wildman–Crippen MR) is 111 cm³/mol. The van der Waals surface area contributed by atoms with Gasteiger partial charge in [-0.3, -0.25) is 0 Å². The van der Waals surface area contributed by atoms with Crippen LogP contribution in [-0.2, 0) is 0 Å². The molecular formula is C24H19NO. The lowest BCUT2D eigenvalue weighted by Crippen LogP contribution is -2.17. The van der Waals surface area contributed by atoms with Crippen LogP contribution in [0.25, 0.3) is 29.2 Å². The van der Waals surface area contributed by atoms with Crippen LogP contribution < -0.4 is 16.0 Å². The van der Waals surface area contributed by atoms with E-state index in [1.54, 1.807) is 0 Å². The van der Waals surface area contributed by atoms with E-state index in [1.807, 2.05) is 66.9 Å². The molecule has 4 rings (SSSR count). The molecule has 1 N–H and O–H groups in total. The van der Waals surface area contributed by atoms with Gasteiger partial charge in [-0.05, 0) is 35.4 Å². The number of para-hydroxylation sites is 2. The van der Waals surface area contributed by atoms with E-state index in [2.05, 4.69) is 36.7 Å². The Labute approximate surface area is 152 Å². The summed E-state index contributed by atoms with van der Waals surface area (Å²) < 4.78 is 5.71. The lowest BCUT2D eigenvalue weighted by molar-refractivity contribution is 0.577. The quantitative estimate of drug-likeness (QED) is 0.729. The summed E-state index contributed by atoms with van der Waals surface area (Å²) in [5, 5.41) is 5.39. The van der Waals surface area contributed by atoms with Crippen LogP contribution in [0, 0.1) is 0 Å². The Hall–Kier alpha value is -3.52. The lowest BCUT2D eigenvalue weighted by atomic mass is 10.0. The molecule has 1 aromatic heterocycles.